The van der Waals surface area contributed by atoms with Crippen LogP contribution in [-0.2, 0) is 8.85 Å². The van der Waals surface area contributed by atoms with Gasteiger partial charge in [0.2, 0.25) is 0 Å². The van der Waals surface area contributed by atoms with Gasteiger partial charge in [-0.25, -0.2) is 0 Å². The zero-order valence-corrected chi connectivity index (χ0v) is 11.9. The smallest absolute Gasteiger partial charge is 0.390 e. The predicted molar refractivity (Wildman–Crippen MR) is 72.3 cm³/mol. The first kappa shape index (κ1) is 14.4. The quantitative estimate of drug-likeness (QED) is 0.753. The lowest BCUT2D eigenvalue weighted by molar-refractivity contribution is 0.225. The third kappa shape index (κ3) is 3.92. The maximum absolute atomic E-state index is 6.13. The van der Waals surface area contributed by atoms with E-state index in [0.717, 1.165) is 17.2 Å². The molecule has 0 amide bonds. The standard InChI is InChI=1S/C13H22NO2Si/c1-4-12(14)11-9-7-8-10-13(11)17(15-5-2)16-6-3/h7-10,12H,4-6,14H2,1-3H3. The molecule has 1 aromatic rings. The normalized spacial score (nSPS) is 13.0. The van der Waals surface area contributed by atoms with E-state index in [9.17, 15) is 0 Å². The van der Waals surface area contributed by atoms with E-state index in [1.54, 1.807) is 0 Å². The lowest BCUT2D eigenvalue weighted by Gasteiger charge is -2.19. The van der Waals surface area contributed by atoms with Gasteiger partial charge in [0.05, 0.1) is 0 Å². The summed E-state index contributed by atoms with van der Waals surface area (Å²) < 4.78 is 11.5. The second-order valence-electron chi connectivity index (χ2n) is 3.76. The van der Waals surface area contributed by atoms with Crippen molar-refractivity contribution >= 4 is 14.5 Å². The molecule has 4 heteroatoms. The van der Waals surface area contributed by atoms with Gasteiger partial charge in [-0.15, -0.1) is 0 Å². The molecule has 0 heterocycles. The van der Waals surface area contributed by atoms with Crippen molar-refractivity contribution in [2.24, 2.45) is 5.73 Å². The summed E-state index contributed by atoms with van der Waals surface area (Å²) in [6.45, 7) is 7.42. The third-order valence-electron chi connectivity index (χ3n) is 2.57. The second kappa shape index (κ2) is 7.61. The highest BCUT2D eigenvalue weighted by Crippen LogP contribution is 2.12. The van der Waals surface area contributed by atoms with Crippen LogP contribution < -0.4 is 10.9 Å². The Labute approximate surface area is 106 Å². The van der Waals surface area contributed by atoms with Crippen molar-refractivity contribution in [3.05, 3.63) is 29.8 Å². The van der Waals surface area contributed by atoms with Crippen LogP contribution in [-0.4, -0.2) is 22.5 Å². The molecule has 1 rings (SSSR count). The fraction of sp³-hybridized carbons (Fsp3) is 0.538. The van der Waals surface area contributed by atoms with Crippen LogP contribution in [0, 0.1) is 0 Å². The molecule has 1 atom stereocenters. The number of hydrogen-bond acceptors (Lipinski definition) is 3. The van der Waals surface area contributed by atoms with E-state index in [1.807, 2.05) is 26.0 Å². The van der Waals surface area contributed by atoms with Crippen molar-refractivity contribution in [2.75, 3.05) is 13.2 Å². The highest BCUT2D eigenvalue weighted by Gasteiger charge is 2.23. The van der Waals surface area contributed by atoms with Crippen LogP contribution >= 0.6 is 0 Å². The van der Waals surface area contributed by atoms with Crippen molar-refractivity contribution < 1.29 is 8.85 Å². The van der Waals surface area contributed by atoms with Gasteiger partial charge in [0.25, 0.3) is 0 Å². The van der Waals surface area contributed by atoms with E-state index < -0.39 is 9.28 Å². The Morgan fingerprint density at radius 3 is 2.24 bits per heavy atom. The largest absolute Gasteiger partial charge is 0.423 e. The van der Waals surface area contributed by atoms with Crippen LogP contribution in [0.1, 0.15) is 38.8 Å². The minimum atomic E-state index is -1.39. The molecular formula is C13H22NO2Si. The Kier molecular flexibility index (Phi) is 6.43. The Morgan fingerprint density at radius 2 is 1.71 bits per heavy atom. The number of nitrogens with two attached hydrogens (primary N) is 1. The molecular weight excluding hydrogens is 230 g/mol. The van der Waals surface area contributed by atoms with Gasteiger partial charge in [0.1, 0.15) is 0 Å². The van der Waals surface area contributed by atoms with Crippen molar-refractivity contribution in [1.29, 1.82) is 0 Å². The summed E-state index contributed by atoms with van der Waals surface area (Å²) in [7, 11) is -1.39. The van der Waals surface area contributed by atoms with E-state index in [0.29, 0.717) is 13.2 Å². The van der Waals surface area contributed by atoms with Gasteiger partial charge in [0.15, 0.2) is 0 Å². The molecule has 17 heavy (non-hydrogen) atoms. The maximum atomic E-state index is 6.13. The van der Waals surface area contributed by atoms with E-state index in [-0.39, 0.29) is 6.04 Å². The first-order chi connectivity index (χ1) is 8.24. The first-order valence-electron chi connectivity index (χ1n) is 6.21. The lowest BCUT2D eigenvalue weighted by Crippen LogP contribution is -2.40. The van der Waals surface area contributed by atoms with Gasteiger partial charge >= 0.3 is 9.28 Å². The van der Waals surface area contributed by atoms with E-state index in [1.165, 1.54) is 0 Å². The topological polar surface area (TPSA) is 44.5 Å². The summed E-state index contributed by atoms with van der Waals surface area (Å²) in [5.74, 6) is 0. The van der Waals surface area contributed by atoms with Gasteiger partial charge in [-0.3, -0.25) is 0 Å². The minimum absolute atomic E-state index is 0.0621. The monoisotopic (exact) mass is 252 g/mol. The summed E-state index contributed by atoms with van der Waals surface area (Å²) in [5, 5.41) is 1.15. The average molecular weight is 252 g/mol. The Hall–Kier alpha value is -0.683. The number of hydrogen-bond donors (Lipinski definition) is 1. The molecule has 0 bridgehead atoms. The van der Waals surface area contributed by atoms with Gasteiger partial charge in [-0.05, 0) is 25.8 Å². The van der Waals surface area contributed by atoms with Crippen molar-refractivity contribution in [2.45, 2.75) is 33.2 Å². The van der Waals surface area contributed by atoms with Gasteiger partial charge in [-0.2, -0.15) is 0 Å². The zero-order valence-electron chi connectivity index (χ0n) is 10.9. The van der Waals surface area contributed by atoms with Gasteiger partial charge in [-0.1, -0.05) is 31.2 Å². The predicted octanol–water partition coefficient (Wildman–Crippen LogP) is 1.86. The van der Waals surface area contributed by atoms with E-state index >= 15 is 0 Å². The number of rotatable bonds is 7. The molecule has 0 aliphatic rings. The molecule has 1 aromatic carbocycles. The number of benzene rings is 1. The lowest BCUT2D eigenvalue weighted by atomic mass is 10.1. The minimum Gasteiger partial charge on any atom is -0.390 e. The zero-order chi connectivity index (χ0) is 12.7. The molecule has 2 N–H and O–H groups in total. The highest BCUT2D eigenvalue weighted by atomic mass is 28.3. The molecule has 0 saturated carbocycles. The molecule has 0 fully saturated rings. The van der Waals surface area contributed by atoms with Crippen molar-refractivity contribution in [1.82, 2.24) is 0 Å². The van der Waals surface area contributed by atoms with Crippen LogP contribution in [0.4, 0.5) is 0 Å². The molecule has 1 unspecified atom stereocenters. The third-order valence-corrected chi connectivity index (χ3v) is 4.57. The van der Waals surface area contributed by atoms with Crippen LogP contribution in [0.5, 0.6) is 0 Å². The SMILES string of the molecule is CCO[Si](OCC)c1ccccc1C(N)CC. The maximum Gasteiger partial charge on any atom is 0.423 e. The summed E-state index contributed by atoms with van der Waals surface area (Å²) in [6.07, 6.45) is 0.921. The molecule has 1 radical (unpaired) electrons. The Morgan fingerprint density at radius 1 is 1.12 bits per heavy atom. The summed E-state index contributed by atoms with van der Waals surface area (Å²) in [4.78, 5) is 0. The Bertz CT molecular complexity index is 327. The highest BCUT2D eigenvalue weighted by molar-refractivity contribution is 6.61. The molecule has 0 aromatic heterocycles. The molecule has 0 aliphatic heterocycles. The van der Waals surface area contributed by atoms with Crippen molar-refractivity contribution in [3.8, 4) is 0 Å². The Balaban J connectivity index is 2.99. The first-order valence-corrected chi connectivity index (χ1v) is 7.53. The molecule has 3 nitrogen and oxygen atoms in total. The molecule has 0 spiro atoms. The summed E-state index contributed by atoms with van der Waals surface area (Å²) in [6, 6.07) is 8.25. The molecule has 0 saturated heterocycles. The van der Waals surface area contributed by atoms with E-state index in [4.69, 9.17) is 14.6 Å². The fourth-order valence-corrected chi connectivity index (χ4v) is 3.34. The van der Waals surface area contributed by atoms with Crippen LogP contribution in [0.25, 0.3) is 0 Å². The fourth-order valence-electron chi connectivity index (χ4n) is 1.69. The van der Waals surface area contributed by atoms with Gasteiger partial charge < -0.3 is 14.6 Å². The van der Waals surface area contributed by atoms with Gasteiger partial charge in [0, 0.05) is 24.4 Å². The molecule has 0 aliphatic carbocycles. The van der Waals surface area contributed by atoms with Crippen molar-refractivity contribution in [3.63, 3.8) is 0 Å². The van der Waals surface area contributed by atoms with E-state index in [2.05, 4.69) is 19.1 Å². The molecule has 95 valence electrons. The van der Waals surface area contributed by atoms with Crippen LogP contribution in [0.2, 0.25) is 0 Å². The van der Waals surface area contributed by atoms with Crippen LogP contribution in [0.15, 0.2) is 24.3 Å². The average Bonchev–Trinajstić information content (AvgIpc) is 2.37. The van der Waals surface area contributed by atoms with Crippen LogP contribution in [0.3, 0.4) is 0 Å². The summed E-state index contributed by atoms with van der Waals surface area (Å²) >= 11 is 0. The summed E-state index contributed by atoms with van der Waals surface area (Å²) in [5.41, 5.74) is 7.29. The second-order valence-corrected chi connectivity index (χ2v) is 5.45.